The molecule has 23 heavy (non-hydrogen) atoms. The van der Waals surface area contributed by atoms with E-state index in [-0.39, 0.29) is 24.3 Å². The monoisotopic (exact) mass is 315 g/mol. The van der Waals surface area contributed by atoms with Crippen LogP contribution in [0.4, 0.5) is 0 Å². The summed E-state index contributed by atoms with van der Waals surface area (Å²) in [5, 5.41) is 13.2. The number of benzene rings is 1. The van der Waals surface area contributed by atoms with Gasteiger partial charge in [-0.1, -0.05) is 18.2 Å². The van der Waals surface area contributed by atoms with Gasteiger partial charge in [0, 0.05) is 5.92 Å². The molecule has 3 unspecified atom stereocenters. The highest BCUT2D eigenvalue weighted by Crippen LogP contribution is 2.50. The van der Waals surface area contributed by atoms with Gasteiger partial charge in [0.05, 0.1) is 19.9 Å². The van der Waals surface area contributed by atoms with E-state index in [0.29, 0.717) is 5.76 Å². The maximum absolute atomic E-state index is 12.3. The van der Waals surface area contributed by atoms with Crippen molar-refractivity contribution in [2.24, 2.45) is 5.92 Å². The second-order valence-corrected chi connectivity index (χ2v) is 6.16. The van der Waals surface area contributed by atoms with E-state index in [0.717, 1.165) is 17.7 Å². The van der Waals surface area contributed by atoms with E-state index >= 15 is 0 Å². The number of rotatable bonds is 6. The Kier molecular flexibility index (Phi) is 4.13. The molecule has 1 heterocycles. The fourth-order valence-corrected chi connectivity index (χ4v) is 2.86. The standard InChI is InChI=1S/C18H21NO4/c1-18(21,16-8-5-9-23-16)11-19-17(20)14-10-13(14)12-6-3-4-7-15(12)22-2/h3-9,13-14,21H,10-11H2,1-2H3,(H,19,20). The van der Waals surface area contributed by atoms with E-state index in [1.807, 2.05) is 24.3 Å². The molecule has 1 saturated carbocycles. The van der Waals surface area contributed by atoms with Crippen LogP contribution in [0.15, 0.2) is 47.1 Å². The fourth-order valence-electron chi connectivity index (χ4n) is 2.86. The van der Waals surface area contributed by atoms with Crippen molar-refractivity contribution in [3.05, 3.63) is 54.0 Å². The Morgan fingerprint density at radius 3 is 2.87 bits per heavy atom. The summed E-state index contributed by atoms with van der Waals surface area (Å²) < 4.78 is 10.6. The van der Waals surface area contributed by atoms with Crippen LogP contribution in [0.5, 0.6) is 5.75 Å². The van der Waals surface area contributed by atoms with E-state index in [1.54, 1.807) is 26.2 Å². The molecule has 1 aliphatic carbocycles. The van der Waals surface area contributed by atoms with E-state index in [1.165, 1.54) is 6.26 Å². The SMILES string of the molecule is COc1ccccc1C1CC1C(=O)NCC(C)(O)c1ccco1. The quantitative estimate of drug-likeness (QED) is 0.859. The topological polar surface area (TPSA) is 71.7 Å². The van der Waals surface area contributed by atoms with Crippen LogP contribution in [0, 0.1) is 5.92 Å². The van der Waals surface area contributed by atoms with Gasteiger partial charge < -0.3 is 19.6 Å². The van der Waals surface area contributed by atoms with Gasteiger partial charge in [0.15, 0.2) is 0 Å². The number of hydrogen-bond acceptors (Lipinski definition) is 4. The summed E-state index contributed by atoms with van der Waals surface area (Å²) in [4.78, 5) is 12.3. The normalized spacial score (nSPS) is 22.2. The van der Waals surface area contributed by atoms with Crippen LogP contribution in [-0.4, -0.2) is 24.7 Å². The minimum absolute atomic E-state index is 0.0484. The Hall–Kier alpha value is -2.27. The van der Waals surface area contributed by atoms with E-state index < -0.39 is 5.60 Å². The first-order valence-electron chi connectivity index (χ1n) is 7.70. The molecule has 5 nitrogen and oxygen atoms in total. The molecule has 1 aromatic heterocycles. The fraction of sp³-hybridized carbons (Fsp3) is 0.389. The molecule has 1 amide bonds. The van der Waals surface area contributed by atoms with Crippen molar-refractivity contribution in [3.63, 3.8) is 0 Å². The third kappa shape index (κ3) is 3.24. The number of amides is 1. The van der Waals surface area contributed by atoms with Gasteiger partial charge in [-0.2, -0.15) is 0 Å². The van der Waals surface area contributed by atoms with E-state index in [2.05, 4.69) is 5.32 Å². The van der Waals surface area contributed by atoms with Gasteiger partial charge in [-0.15, -0.1) is 0 Å². The summed E-state index contributed by atoms with van der Waals surface area (Å²) in [5.74, 6) is 1.32. The number of nitrogens with one attached hydrogen (secondary N) is 1. The first kappa shape index (κ1) is 15.6. The molecule has 3 atom stereocenters. The number of methoxy groups -OCH3 is 1. The molecule has 0 saturated heterocycles. The number of carbonyl (C=O) groups excluding carboxylic acids is 1. The first-order valence-corrected chi connectivity index (χ1v) is 7.70. The molecule has 5 heteroatoms. The third-order valence-corrected chi connectivity index (χ3v) is 4.32. The van der Waals surface area contributed by atoms with Gasteiger partial charge in [0.1, 0.15) is 17.1 Å². The number of aliphatic hydroxyl groups is 1. The molecule has 0 radical (unpaired) electrons. The molecule has 2 aromatic rings. The molecule has 1 fully saturated rings. The molecule has 1 aliphatic rings. The van der Waals surface area contributed by atoms with Crippen molar-refractivity contribution in [1.29, 1.82) is 0 Å². The largest absolute Gasteiger partial charge is 0.496 e. The molecule has 0 bridgehead atoms. The lowest BCUT2D eigenvalue weighted by Crippen LogP contribution is -2.39. The minimum Gasteiger partial charge on any atom is -0.496 e. The molecule has 0 aliphatic heterocycles. The molecule has 3 rings (SSSR count). The van der Waals surface area contributed by atoms with Crippen LogP contribution < -0.4 is 10.1 Å². The Bertz CT molecular complexity index is 678. The lowest BCUT2D eigenvalue weighted by Gasteiger charge is -2.21. The van der Waals surface area contributed by atoms with Gasteiger partial charge in [-0.3, -0.25) is 4.79 Å². The smallest absolute Gasteiger partial charge is 0.223 e. The third-order valence-electron chi connectivity index (χ3n) is 4.32. The summed E-state index contributed by atoms with van der Waals surface area (Å²) in [7, 11) is 1.64. The zero-order valence-corrected chi connectivity index (χ0v) is 13.3. The summed E-state index contributed by atoms with van der Waals surface area (Å²) in [6.45, 7) is 1.74. The van der Waals surface area contributed by atoms with Gasteiger partial charge in [0.25, 0.3) is 0 Å². The van der Waals surface area contributed by atoms with Crippen LogP contribution in [0.25, 0.3) is 0 Å². The molecule has 0 spiro atoms. The zero-order valence-electron chi connectivity index (χ0n) is 13.3. The predicted octanol–water partition coefficient (Wildman–Crippen LogP) is 2.42. The molecular weight excluding hydrogens is 294 g/mol. The number of carbonyl (C=O) groups is 1. The summed E-state index contributed by atoms with van der Waals surface area (Å²) in [6, 6.07) is 11.2. The first-order chi connectivity index (χ1) is 11.0. The molecular formula is C18H21NO4. The lowest BCUT2D eigenvalue weighted by atomic mass is 10.0. The summed E-state index contributed by atoms with van der Waals surface area (Å²) in [5.41, 5.74) is -0.151. The van der Waals surface area contributed by atoms with Crippen molar-refractivity contribution < 1.29 is 19.1 Å². The Morgan fingerprint density at radius 1 is 1.39 bits per heavy atom. The van der Waals surface area contributed by atoms with Crippen LogP contribution in [0.1, 0.15) is 30.6 Å². The average molecular weight is 315 g/mol. The second kappa shape index (κ2) is 6.08. The van der Waals surface area contributed by atoms with Gasteiger partial charge >= 0.3 is 0 Å². The van der Waals surface area contributed by atoms with Crippen molar-refractivity contribution in [2.45, 2.75) is 24.9 Å². The van der Waals surface area contributed by atoms with Gasteiger partial charge in [0.2, 0.25) is 5.91 Å². The van der Waals surface area contributed by atoms with Crippen molar-refractivity contribution >= 4 is 5.91 Å². The molecule has 1 aromatic carbocycles. The van der Waals surface area contributed by atoms with E-state index in [4.69, 9.17) is 9.15 Å². The van der Waals surface area contributed by atoms with Crippen LogP contribution >= 0.6 is 0 Å². The van der Waals surface area contributed by atoms with Crippen molar-refractivity contribution in [2.75, 3.05) is 13.7 Å². The maximum atomic E-state index is 12.3. The summed E-state index contributed by atoms with van der Waals surface area (Å²) in [6.07, 6.45) is 2.30. The lowest BCUT2D eigenvalue weighted by molar-refractivity contribution is -0.123. The molecule has 2 N–H and O–H groups in total. The van der Waals surface area contributed by atoms with Crippen molar-refractivity contribution in [3.8, 4) is 5.75 Å². The van der Waals surface area contributed by atoms with Crippen LogP contribution in [0.2, 0.25) is 0 Å². The second-order valence-electron chi connectivity index (χ2n) is 6.16. The number of furan rings is 1. The minimum atomic E-state index is -1.21. The molecule has 122 valence electrons. The summed E-state index contributed by atoms with van der Waals surface area (Å²) >= 11 is 0. The number of ether oxygens (including phenoxy) is 1. The number of hydrogen-bond donors (Lipinski definition) is 2. The highest BCUT2D eigenvalue weighted by atomic mass is 16.5. The Labute approximate surface area is 135 Å². The van der Waals surface area contributed by atoms with Crippen molar-refractivity contribution in [1.82, 2.24) is 5.32 Å². The zero-order chi connectivity index (χ0) is 16.4. The highest BCUT2D eigenvalue weighted by Gasteiger charge is 2.45. The highest BCUT2D eigenvalue weighted by molar-refractivity contribution is 5.83. The van der Waals surface area contributed by atoms with Gasteiger partial charge in [-0.25, -0.2) is 0 Å². The predicted molar refractivity (Wildman–Crippen MR) is 85.1 cm³/mol. The van der Waals surface area contributed by atoms with E-state index in [9.17, 15) is 9.90 Å². The average Bonchev–Trinajstić information content (AvgIpc) is 3.15. The van der Waals surface area contributed by atoms with Crippen LogP contribution in [-0.2, 0) is 10.4 Å². The van der Waals surface area contributed by atoms with Gasteiger partial charge in [-0.05, 0) is 43.0 Å². The maximum Gasteiger partial charge on any atom is 0.223 e. The number of para-hydroxylation sites is 1. The van der Waals surface area contributed by atoms with Crippen LogP contribution in [0.3, 0.4) is 0 Å². The Balaban J connectivity index is 1.59. The Morgan fingerprint density at radius 2 is 2.17 bits per heavy atom.